The highest BCUT2D eigenvalue weighted by atomic mass is 32.1. The zero-order chi connectivity index (χ0) is 17.5. The van der Waals surface area contributed by atoms with Gasteiger partial charge in [-0.05, 0) is 63.2 Å². The molecule has 1 aromatic carbocycles. The van der Waals surface area contributed by atoms with E-state index in [0.29, 0.717) is 12.2 Å². The van der Waals surface area contributed by atoms with Gasteiger partial charge < -0.3 is 9.31 Å². The van der Waals surface area contributed by atoms with Crippen molar-refractivity contribution in [3.05, 3.63) is 40.4 Å². The van der Waals surface area contributed by atoms with E-state index in [2.05, 4.69) is 24.8 Å². The highest BCUT2D eigenvalue weighted by molar-refractivity contribution is 7.80. The maximum Gasteiger partial charge on any atom is 0.491 e. The molecule has 0 radical (unpaired) electrons. The van der Waals surface area contributed by atoms with Crippen LogP contribution in [-0.2, 0) is 15.7 Å². The number of rotatable bonds is 3. The SMILES string of the molecule is CC1(C)OB(C(=Cc2ccc3c(c2)C(=O)CCC3)CS)OC1(C)C. The van der Waals surface area contributed by atoms with Gasteiger partial charge in [0, 0.05) is 17.7 Å². The molecule has 0 atom stereocenters. The Morgan fingerprint density at radius 2 is 1.88 bits per heavy atom. The fraction of sp³-hybridized carbons (Fsp3) is 0.526. The Balaban J connectivity index is 1.89. The van der Waals surface area contributed by atoms with Crippen LogP contribution >= 0.6 is 12.6 Å². The third-order valence-corrected chi connectivity index (χ3v) is 5.74. The van der Waals surface area contributed by atoms with Crippen LogP contribution in [0.15, 0.2) is 23.7 Å². The number of hydrogen-bond acceptors (Lipinski definition) is 4. The van der Waals surface area contributed by atoms with E-state index < -0.39 is 7.12 Å². The van der Waals surface area contributed by atoms with Crippen LogP contribution in [0.4, 0.5) is 0 Å². The monoisotopic (exact) mass is 344 g/mol. The number of Topliss-reactive ketones (excluding diaryl/α,β-unsaturated/α-hetero) is 1. The maximum atomic E-state index is 12.1. The first-order valence-electron chi connectivity index (χ1n) is 8.56. The van der Waals surface area contributed by atoms with Gasteiger partial charge in [-0.2, -0.15) is 12.6 Å². The Morgan fingerprint density at radius 1 is 1.21 bits per heavy atom. The number of carbonyl (C=O) groups excluding carboxylic acids is 1. The lowest BCUT2D eigenvalue weighted by Gasteiger charge is -2.32. The number of carbonyl (C=O) groups is 1. The minimum atomic E-state index is -0.403. The maximum absolute atomic E-state index is 12.1. The van der Waals surface area contributed by atoms with E-state index in [4.69, 9.17) is 9.31 Å². The molecule has 1 fully saturated rings. The predicted octanol–water partition coefficient (Wildman–Crippen LogP) is 4.15. The van der Waals surface area contributed by atoms with Crippen molar-refractivity contribution in [1.29, 1.82) is 0 Å². The summed E-state index contributed by atoms with van der Waals surface area (Å²) in [5, 5.41) is 0. The molecule has 5 heteroatoms. The third-order valence-electron chi connectivity index (χ3n) is 5.37. The molecule has 1 aliphatic carbocycles. The second-order valence-corrected chi connectivity index (χ2v) is 7.98. The molecule has 0 saturated carbocycles. The standard InChI is InChI=1S/C19H25BO3S/c1-18(2)19(3,4)23-20(22-18)15(12-24)10-13-8-9-14-6-5-7-17(21)16(14)11-13/h8-11,24H,5-7,12H2,1-4H3. The van der Waals surface area contributed by atoms with Crippen molar-refractivity contribution >= 4 is 31.6 Å². The Labute approximate surface area is 150 Å². The average molecular weight is 344 g/mol. The van der Waals surface area contributed by atoms with Gasteiger partial charge in [-0.3, -0.25) is 4.79 Å². The first kappa shape index (κ1) is 17.8. The second-order valence-electron chi connectivity index (χ2n) is 7.66. The number of aryl methyl sites for hydroxylation is 1. The fourth-order valence-electron chi connectivity index (χ4n) is 3.13. The van der Waals surface area contributed by atoms with E-state index in [1.807, 2.05) is 39.8 Å². The molecule has 2 aliphatic rings. The number of benzene rings is 1. The summed E-state index contributed by atoms with van der Waals surface area (Å²) in [6.07, 6.45) is 4.63. The predicted molar refractivity (Wildman–Crippen MR) is 102 cm³/mol. The zero-order valence-corrected chi connectivity index (χ0v) is 15.8. The highest BCUT2D eigenvalue weighted by Crippen LogP contribution is 2.39. The summed E-state index contributed by atoms with van der Waals surface area (Å²) in [4.78, 5) is 12.1. The van der Waals surface area contributed by atoms with Crippen molar-refractivity contribution < 1.29 is 14.1 Å². The van der Waals surface area contributed by atoms with Crippen molar-refractivity contribution in [1.82, 2.24) is 0 Å². The number of ketones is 1. The first-order chi connectivity index (χ1) is 11.2. The van der Waals surface area contributed by atoms with Crippen LogP contribution in [0.1, 0.15) is 62.0 Å². The lowest BCUT2D eigenvalue weighted by atomic mass is 9.78. The van der Waals surface area contributed by atoms with E-state index in [-0.39, 0.29) is 17.0 Å². The Hall–Kier alpha value is -1.04. The van der Waals surface area contributed by atoms with Crippen LogP contribution in [0.25, 0.3) is 6.08 Å². The molecule has 0 N–H and O–H groups in total. The fourth-order valence-corrected chi connectivity index (χ4v) is 3.37. The van der Waals surface area contributed by atoms with Crippen molar-refractivity contribution in [2.45, 2.75) is 58.2 Å². The minimum Gasteiger partial charge on any atom is -0.400 e. The van der Waals surface area contributed by atoms with Crippen LogP contribution in [0, 0.1) is 0 Å². The summed E-state index contributed by atoms with van der Waals surface area (Å²) in [6, 6.07) is 6.12. The van der Waals surface area contributed by atoms with E-state index in [1.54, 1.807) is 0 Å². The van der Waals surface area contributed by atoms with Gasteiger partial charge in [0.15, 0.2) is 5.78 Å². The van der Waals surface area contributed by atoms with Gasteiger partial charge in [-0.1, -0.05) is 18.2 Å². The van der Waals surface area contributed by atoms with Crippen LogP contribution in [0.5, 0.6) is 0 Å². The highest BCUT2D eigenvalue weighted by Gasteiger charge is 2.52. The van der Waals surface area contributed by atoms with E-state index in [0.717, 1.165) is 35.0 Å². The molecule has 24 heavy (non-hydrogen) atoms. The normalized spacial score (nSPS) is 22.6. The summed E-state index contributed by atoms with van der Waals surface area (Å²) in [5.41, 5.74) is 3.26. The first-order valence-corrected chi connectivity index (χ1v) is 9.20. The van der Waals surface area contributed by atoms with Gasteiger partial charge in [-0.15, -0.1) is 0 Å². The molecule has 0 unspecified atom stereocenters. The van der Waals surface area contributed by atoms with Gasteiger partial charge in [-0.25, -0.2) is 0 Å². The summed E-state index contributed by atoms with van der Waals surface area (Å²) in [7, 11) is -0.403. The summed E-state index contributed by atoms with van der Waals surface area (Å²) in [6.45, 7) is 8.17. The minimum absolute atomic E-state index is 0.245. The van der Waals surface area contributed by atoms with Gasteiger partial charge in [0.05, 0.1) is 11.2 Å². The van der Waals surface area contributed by atoms with Crippen LogP contribution in [-0.4, -0.2) is 29.9 Å². The smallest absolute Gasteiger partial charge is 0.400 e. The average Bonchev–Trinajstić information content (AvgIpc) is 2.73. The van der Waals surface area contributed by atoms with Crippen LogP contribution in [0.2, 0.25) is 0 Å². The summed E-state index contributed by atoms with van der Waals surface area (Å²) >= 11 is 4.46. The molecule has 3 nitrogen and oxygen atoms in total. The zero-order valence-electron chi connectivity index (χ0n) is 14.9. The van der Waals surface area contributed by atoms with E-state index >= 15 is 0 Å². The van der Waals surface area contributed by atoms with Crippen molar-refractivity contribution in [2.75, 3.05) is 5.75 Å². The van der Waals surface area contributed by atoms with Gasteiger partial charge >= 0.3 is 7.12 Å². The van der Waals surface area contributed by atoms with Gasteiger partial charge in [0.2, 0.25) is 0 Å². The van der Waals surface area contributed by atoms with Crippen molar-refractivity contribution in [3.8, 4) is 0 Å². The summed E-state index contributed by atoms with van der Waals surface area (Å²) < 4.78 is 12.2. The molecular formula is C19H25BO3S. The van der Waals surface area contributed by atoms with E-state index in [9.17, 15) is 4.79 Å². The van der Waals surface area contributed by atoms with Gasteiger partial charge in [0.1, 0.15) is 0 Å². The van der Waals surface area contributed by atoms with Crippen molar-refractivity contribution in [2.24, 2.45) is 0 Å². The molecule has 1 aromatic rings. The molecule has 0 spiro atoms. The third kappa shape index (κ3) is 3.22. The number of thiol groups is 1. The lowest BCUT2D eigenvalue weighted by molar-refractivity contribution is 0.00578. The molecule has 0 bridgehead atoms. The molecule has 0 amide bonds. The molecule has 3 rings (SSSR count). The van der Waals surface area contributed by atoms with Gasteiger partial charge in [0.25, 0.3) is 0 Å². The number of hydrogen-bond donors (Lipinski definition) is 1. The Bertz CT molecular complexity index is 678. The topological polar surface area (TPSA) is 35.5 Å². The Kier molecular flexibility index (Phi) is 4.71. The Morgan fingerprint density at radius 3 is 2.50 bits per heavy atom. The van der Waals surface area contributed by atoms with Crippen LogP contribution < -0.4 is 0 Å². The number of fused-ring (bicyclic) bond motifs is 1. The molecule has 1 saturated heterocycles. The molecule has 1 heterocycles. The molecule has 1 aliphatic heterocycles. The van der Waals surface area contributed by atoms with Crippen molar-refractivity contribution in [3.63, 3.8) is 0 Å². The quantitative estimate of drug-likeness (QED) is 0.661. The van der Waals surface area contributed by atoms with Crippen LogP contribution in [0.3, 0.4) is 0 Å². The molecule has 0 aromatic heterocycles. The second kappa shape index (κ2) is 6.36. The summed E-state index contributed by atoms with van der Waals surface area (Å²) in [5.74, 6) is 0.788. The lowest BCUT2D eigenvalue weighted by Crippen LogP contribution is -2.41. The van der Waals surface area contributed by atoms with E-state index in [1.165, 1.54) is 0 Å². The molecule has 128 valence electrons. The molecular weight excluding hydrogens is 319 g/mol. The largest absolute Gasteiger partial charge is 0.491 e.